The number of esters is 1. The molecule has 0 radical (unpaired) electrons. The van der Waals surface area contributed by atoms with E-state index in [0.717, 1.165) is 5.56 Å². The van der Waals surface area contributed by atoms with Crippen molar-refractivity contribution in [3.63, 3.8) is 0 Å². The maximum absolute atomic E-state index is 11.7. The van der Waals surface area contributed by atoms with Gasteiger partial charge >= 0.3 is 5.97 Å². The number of carbonyl (C=O) groups is 2. The van der Waals surface area contributed by atoms with Gasteiger partial charge in [0, 0.05) is 18.9 Å². The fourth-order valence-electron chi connectivity index (χ4n) is 2.00. The van der Waals surface area contributed by atoms with Gasteiger partial charge in [0.1, 0.15) is 0 Å². The lowest BCUT2D eigenvalue weighted by molar-refractivity contribution is -0.124. The summed E-state index contributed by atoms with van der Waals surface area (Å²) in [4.78, 5) is 27.2. The summed E-state index contributed by atoms with van der Waals surface area (Å²) in [7, 11) is 0. The number of ether oxygens (including phenoxy) is 3. The van der Waals surface area contributed by atoms with E-state index in [2.05, 4.69) is 10.3 Å². The molecule has 1 aliphatic heterocycles. The van der Waals surface area contributed by atoms with E-state index < -0.39 is 5.97 Å². The van der Waals surface area contributed by atoms with Gasteiger partial charge in [0.05, 0.1) is 5.56 Å². The molecule has 0 atom stereocenters. The molecule has 23 heavy (non-hydrogen) atoms. The van der Waals surface area contributed by atoms with Gasteiger partial charge in [-0.15, -0.1) is 0 Å². The molecule has 0 saturated heterocycles. The first-order chi connectivity index (χ1) is 11.2. The Kier molecular flexibility index (Phi) is 4.37. The Bertz CT molecular complexity index is 718. The molecule has 0 spiro atoms. The Morgan fingerprint density at radius 3 is 2.91 bits per heavy atom. The molecular weight excluding hydrogens is 300 g/mol. The molecule has 1 aliphatic rings. The van der Waals surface area contributed by atoms with Crippen molar-refractivity contribution in [2.24, 2.45) is 0 Å². The Labute approximate surface area is 132 Å². The van der Waals surface area contributed by atoms with Crippen LogP contribution in [0.5, 0.6) is 11.5 Å². The van der Waals surface area contributed by atoms with E-state index in [9.17, 15) is 9.59 Å². The molecular formula is C16H14N2O5. The lowest BCUT2D eigenvalue weighted by Crippen LogP contribution is -2.28. The number of nitrogens with zero attached hydrogens (tertiary/aromatic N) is 1. The molecule has 1 N–H and O–H groups in total. The summed E-state index contributed by atoms with van der Waals surface area (Å²) in [5.41, 5.74) is 1.16. The highest BCUT2D eigenvalue weighted by Crippen LogP contribution is 2.32. The molecule has 1 aromatic heterocycles. The molecule has 2 aromatic rings. The monoisotopic (exact) mass is 314 g/mol. The molecule has 0 saturated carbocycles. The number of pyridine rings is 1. The van der Waals surface area contributed by atoms with Crippen molar-refractivity contribution in [2.75, 3.05) is 13.4 Å². The molecule has 1 aromatic carbocycles. The van der Waals surface area contributed by atoms with Gasteiger partial charge in [-0.1, -0.05) is 6.07 Å². The number of nitrogens with one attached hydrogen (secondary N) is 1. The molecule has 3 rings (SSSR count). The molecule has 7 nitrogen and oxygen atoms in total. The summed E-state index contributed by atoms with van der Waals surface area (Å²) in [5.74, 6) is 0.362. The van der Waals surface area contributed by atoms with Crippen molar-refractivity contribution in [3.05, 3.63) is 53.9 Å². The van der Waals surface area contributed by atoms with Crippen molar-refractivity contribution in [1.82, 2.24) is 10.3 Å². The van der Waals surface area contributed by atoms with Crippen LogP contribution in [0.1, 0.15) is 15.9 Å². The van der Waals surface area contributed by atoms with Gasteiger partial charge in [-0.3, -0.25) is 9.78 Å². The normalized spacial score (nSPS) is 11.8. The fraction of sp³-hybridized carbons (Fsp3) is 0.188. The summed E-state index contributed by atoms with van der Waals surface area (Å²) < 4.78 is 15.4. The van der Waals surface area contributed by atoms with Crippen LogP contribution in [0.2, 0.25) is 0 Å². The van der Waals surface area contributed by atoms with Crippen LogP contribution in [0.25, 0.3) is 0 Å². The van der Waals surface area contributed by atoms with Crippen molar-refractivity contribution in [1.29, 1.82) is 0 Å². The number of hydrogen-bond donors (Lipinski definition) is 1. The minimum Gasteiger partial charge on any atom is -0.454 e. The third-order valence-corrected chi connectivity index (χ3v) is 3.16. The van der Waals surface area contributed by atoms with Crippen molar-refractivity contribution in [3.8, 4) is 11.5 Å². The first kappa shape index (κ1) is 14.8. The third-order valence-electron chi connectivity index (χ3n) is 3.16. The average molecular weight is 314 g/mol. The van der Waals surface area contributed by atoms with Crippen LogP contribution in [-0.2, 0) is 16.1 Å². The van der Waals surface area contributed by atoms with Gasteiger partial charge in [-0.05, 0) is 29.8 Å². The Balaban J connectivity index is 1.46. The van der Waals surface area contributed by atoms with Gasteiger partial charge in [0.25, 0.3) is 5.91 Å². The van der Waals surface area contributed by atoms with Crippen molar-refractivity contribution >= 4 is 11.9 Å². The predicted molar refractivity (Wildman–Crippen MR) is 78.9 cm³/mol. The van der Waals surface area contributed by atoms with Crippen LogP contribution < -0.4 is 14.8 Å². The number of aromatic nitrogens is 1. The van der Waals surface area contributed by atoms with Gasteiger partial charge < -0.3 is 19.5 Å². The minimum atomic E-state index is -0.587. The lowest BCUT2D eigenvalue weighted by Gasteiger charge is -2.07. The Morgan fingerprint density at radius 1 is 1.22 bits per heavy atom. The standard InChI is InChI=1S/C16H14N2O5/c19-15(9-21-16(20)12-2-1-5-17-8-12)18-7-11-3-4-13-14(6-11)23-10-22-13/h1-6,8H,7,9-10H2,(H,18,19). The molecule has 0 unspecified atom stereocenters. The number of carbonyl (C=O) groups excluding carboxylic acids is 2. The first-order valence-corrected chi connectivity index (χ1v) is 6.95. The molecule has 0 fully saturated rings. The zero-order valence-electron chi connectivity index (χ0n) is 12.2. The maximum Gasteiger partial charge on any atom is 0.340 e. The number of hydrogen-bond acceptors (Lipinski definition) is 6. The summed E-state index contributed by atoms with van der Waals surface area (Å²) in [6, 6.07) is 8.60. The SMILES string of the molecule is O=C(COC(=O)c1cccnc1)NCc1ccc2c(c1)OCO2. The van der Waals surface area contributed by atoms with Crippen LogP contribution >= 0.6 is 0 Å². The average Bonchev–Trinajstić information content (AvgIpc) is 3.06. The molecule has 118 valence electrons. The van der Waals surface area contributed by atoms with Gasteiger partial charge in [0.15, 0.2) is 18.1 Å². The fourth-order valence-corrected chi connectivity index (χ4v) is 2.00. The van der Waals surface area contributed by atoms with Crippen molar-refractivity contribution in [2.45, 2.75) is 6.54 Å². The lowest BCUT2D eigenvalue weighted by atomic mass is 10.2. The van der Waals surface area contributed by atoms with Crippen LogP contribution in [0.15, 0.2) is 42.7 Å². The maximum atomic E-state index is 11.7. The van der Waals surface area contributed by atoms with E-state index in [1.165, 1.54) is 6.20 Å². The smallest absolute Gasteiger partial charge is 0.340 e. The Morgan fingerprint density at radius 2 is 2.09 bits per heavy atom. The third kappa shape index (κ3) is 3.76. The summed E-state index contributed by atoms with van der Waals surface area (Å²) in [6.07, 6.45) is 2.93. The highest BCUT2D eigenvalue weighted by molar-refractivity contribution is 5.90. The number of amides is 1. The molecule has 7 heteroatoms. The predicted octanol–water partition coefficient (Wildman–Crippen LogP) is 1.28. The topological polar surface area (TPSA) is 86.8 Å². The zero-order valence-corrected chi connectivity index (χ0v) is 12.2. The van der Waals surface area contributed by atoms with E-state index in [0.29, 0.717) is 23.6 Å². The van der Waals surface area contributed by atoms with E-state index in [1.54, 1.807) is 30.5 Å². The largest absolute Gasteiger partial charge is 0.454 e. The summed E-state index contributed by atoms with van der Waals surface area (Å²) in [5, 5.41) is 2.67. The van der Waals surface area contributed by atoms with E-state index in [4.69, 9.17) is 14.2 Å². The number of rotatable bonds is 5. The van der Waals surface area contributed by atoms with Crippen LogP contribution in [0, 0.1) is 0 Å². The first-order valence-electron chi connectivity index (χ1n) is 6.95. The summed E-state index contributed by atoms with van der Waals surface area (Å²) >= 11 is 0. The van der Waals surface area contributed by atoms with Crippen LogP contribution in [-0.4, -0.2) is 30.3 Å². The minimum absolute atomic E-state index is 0.204. The highest BCUT2D eigenvalue weighted by Gasteiger charge is 2.14. The van der Waals surface area contributed by atoms with Gasteiger partial charge in [0.2, 0.25) is 6.79 Å². The van der Waals surface area contributed by atoms with Gasteiger partial charge in [-0.2, -0.15) is 0 Å². The number of fused-ring (bicyclic) bond motifs is 1. The molecule has 0 bridgehead atoms. The van der Waals surface area contributed by atoms with E-state index in [-0.39, 0.29) is 19.3 Å². The van der Waals surface area contributed by atoms with Crippen LogP contribution in [0.3, 0.4) is 0 Å². The number of benzene rings is 1. The van der Waals surface area contributed by atoms with E-state index >= 15 is 0 Å². The molecule has 0 aliphatic carbocycles. The second-order valence-electron chi connectivity index (χ2n) is 4.78. The van der Waals surface area contributed by atoms with E-state index in [1.807, 2.05) is 6.07 Å². The molecule has 1 amide bonds. The molecule has 2 heterocycles. The zero-order chi connectivity index (χ0) is 16.1. The second kappa shape index (κ2) is 6.78. The van der Waals surface area contributed by atoms with Gasteiger partial charge in [-0.25, -0.2) is 4.79 Å². The second-order valence-corrected chi connectivity index (χ2v) is 4.78. The van der Waals surface area contributed by atoms with Crippen molar-refractivity contribution < 1.29 is 23.8 Å². The van der Waals surface area contributed by atoms with Crippen LogP contribution in [0.4, 0.5) is 0 Å². The highest BCUT2D eigenvalue weighted by atomic mass is 16.7. The quantitative estimate of drug-likeness (QED) is 0.837. The summed E-state index contributed by atoms with van der Waals surface area (Å²) in [6.45, 7) is 0.160. The Hall–Kier alpha value is -3.09.